The first kappa shape index (κ1) is 20.0. The predicted molar refractivity (Wildman–Crippen MR) is 100 cm³/mol. The number of nitrogens with one attached hydrogen (secondary N) is 1. The van der Waals surface area contributed by atoms with Crippen molar-refractivity contribution in [1.29, 1.82) is 0 Å². The van der Waals surface area contributed by atoms with E-state index < -0.39 is 46.7 Å². The predicted octanol–water partition coefficient (Wildman–Crippen LogP) is 1.10. The average Bonchev–Trinajstić information content (AvgIpc) is 2.91. The fourth-order valence-corrected chi connectivity index (χ4v) is 3.74. The minimum absolute atomic E-state index is 0.200. The molecular formula is C20H19F2N3O5. The summed E-state index contributed by atoms with van der Waals surface area (Å²) < 4.78 is 34.8. The number of aromatic nitrogens is 1. The second kappa shape index (κ2) is 7.52. The van der Waals surface area contributed by atoms with E-state index in [0.717, 1.165) is 12.1 Å². The molecule has 0 saturated carbocycles. The highest BCUT2D eigenvalue weighted by atomic mass is 19.1. The summed E-state index contributed by atoms with van der Waals surface area (Å²) in [6.45, 7) is 2.25. The molecule has 1 aromatic carbocycles. The Labute approximate surface area is 169 Å². The van der Waals surface area contributed by atoms with Crippen LogP contribution in [0.3, 0.4) is 0 Å². The van der Waals surface area contributed by atoms with E-state index in [-0.39, 0.29) is 23.9 Å². The van der Waals surface area contributed by atoms with Crippen molar-refractivity contribution in [2.75, 3.05) is 26.3 Å². The van der Waals surface area contributed by atoms with E-state index in [0.29, 0.717) is 25.3 Å². The van der Waals surface area contributed by atoms with Gasteiger partial charge in [-0.3, -0.25) is 14.4 Å². The number of amides is 2. The molecular weight excluding hydrogens is 400 g/mol. The molecule has 2 amide bonds. The van der Waals surface area contributed by atoms with Gasteiger partial charge in [0, 0.05) is 31.4 Å². The van der Waals surface area contributed by atoms with Crippen molar-refractivity contribution < 1.29 is 28.2 Å². The fraction of sp³-hybridized carbons (Fsp3) is 0.350. The van der Waals surface area contributed by atoms with Crippen LogP contribution in [0, 0.1) is 18.6 Å². The van der Waals surface area contributed by atoms with Crippen molar-refractivity contribution in [3.8, 4) is 5.75 Å². The number of carbonyl (C=O) groups is 2. The minimum atomic E-state index is -1.03. The lowest BCUT2D eigenvalue weighted by Gasteiger charge is -2.33. The maximum Gasteiger partial charge on any atom is 0.274 e. The van der Waals surface area contributed by atoms with Gasteiger partial charge in [-0.25, -0.2) is 8.78 Å². The number of pyridine rings is 1. The summed E-state index contributed by atoms with van der Waals surface area (Å²) in [4.78, 5) is 39.2. The zero-order valence-electron chi connectivity index (χ0n) is 16.1. The van der Waals surface area contributed by atoms with E-state index >= 15 is 0 Å². The van der Waals surface area contributed by atoms with Crippen molar-refractivity contribution in [3.05, 3.63) is 62.6 Å². The maximum atomic E-state index is 14.0. The molecule has 158 valence electrons. The van der Waals surface area contributed by atoms with Crippen molar-refractivity contribution in [3.63, 3.8) is 0 Å². The highest BCUT2D eigenvalue weighted by molar-refractivity contribution is 5.99. The number of aryl methyl sites for hydroxylation is 1. The summed E-state index contributed by atoms with van der Waals surface area (Å²) in [5.74, 6) is -3.92. The van der Waals surface area contributed by atoms with Gasteiger partial charge in [0.2, 0.25) is 5.43 Å². The molecule has 0 spiro atoms. The zero-order chi connectivity index (χ0) is 21.6. The molecule has 2 aliphatic rings. The summed E-state index contributed by atoms with van der Waals surface area (Å²) in [6, 6.07) is 1.88. The molecule has 2 bridgehead atoms. The molecule has 1 saturated heterocycles. The first-order valence-corrected chi connectivity index (χ1v) is 9.35. The average molecular weight is 419 g/mol. The number of ether oxygens (including phenoxy) is 1. The third-order valence-corrected chi connectivity index (χ3v) is 5.30. The van der Waals surface area contributed by atoms with Crippen LogP contribution in [-0.2, 0) is 11.3 Å². The van der Waals surface area contributed by atoms with Gasteiger partial charge in [0.25, 0.3) is 11.8 Å². The molecule has 2 aliphatic heterocycles. The number of fused-ring (bicyclic) bond motifs is 4. The van der Waals surface area contributed by atoms with Crippen LogP contribution in [0.15, 0.2) is 23.1 Å². The van der Waals surface area contributed by atoms with Crippen molar-refractivity contribution in [2.45, 2.75) is 19.5 Å². The lowest BCUT2D eigenvalue weighted by molar-refractivity contribution is 0.0685. The molecule has 1 unspecified atom stereocenters. The number of halogens is 2. The molecule has 2 N–H and O–H groups in total. The Morgan fingerprint density at radius 1 is 1.30 bits per heavy atom. The summed E-state index contributed by atoms with van der Waals surface area (Å²) in [5, 5.41) is 12.7. The van der Waals surface area contributed by atoms with Gasteiger partial charge in [-0.2, -0.15) is 0 Å². The van der Waals surface area contributed by atoms with Gasteiger partial charge < -0.3 is 24.6 Å². The van der Waals surface area contributed by atoms with Crippen LogP contribution < -0.4 is 10.7 Å². The van der Waals surface area contributed by atoms with Crippen LogP contribution in [0.1, 0.15) is 38.0 Å². The number of carbonyl (C=O) groups excluding carboxylic acids is 2. The van der Waals surface area contributed by atoms with Crippen molar-refractivity contribution in [2.24, 2.45) is 0 Å². The Bertz CT molecular complexity index is 1090. The fourth-order valence-electron chi connectivity index (χ4n) is 3.74. The Morgan fingerprint density at radius 3 is 2.70 bits per heavy atom. The standard InChI is InChI=1S/C20H19F2N3O5/c1-10-4-14(21)12(15(22)5-10)6-23-19(28)13-8-25-11-7-24(2-3-30-9-11)20(29)16(25)18(27)17(13)26/h4-5,8,11,27H,2-3,6-7,9H2,1H3,(H,23,28). The van der Waals surface area contributed by atoms with E-state index in [4.69, 9.17) is 4.74 Å². The third kappa shape index (κ3) is 3.32. The van der Waals surface area contributed by atoms with Crippen LogP contribution in [-0.4, -0.2) is 52.7 Å². The van der Waals surface area contributed by atoms with Gasteiger partial charge in [-0.15, -0.1) is 0 Å². The molecule has 30 heavy (non-hydrogen) atoms. The molecule has 0 radical (unpaired) electrons. The summed E-state index contributed by atoms with van der Waals surface area (Å²) in [6.07, 6.45) is 1.18. The monoisotopic (exact) mass is 419 g/mol. The van der Waals surface area contributed by atoms with E-state index in [1.165, 1.54) is 22.6 Å². The Balaban J connectivity index is 1.67. The smallest absolute Gasteiger partial charge is 0.274 e. The van der Waals surface area contributed by atoms with E-state index in [1.807, 2.05) is 0 Å². The quantitative estimate of drug-likeness (QED) is 0.776. The number of nitrogens with zero attached hydrogens (tertiary/aromatic N) is 2. The second-order valence-corrected chi connectivity index (χ2v) is 7.35. The number of rotatable bonds is 3. The van der Waals surface area contributed by atoms with Crippen molar-refractivity contribution >= 4 is 11.8 Å². The zero-order valence-corrected chi connectivity index (χ0v) is 16.1. The number of hydrogen-bond acceptors (Lipinski definition) is 5. The maximum absolute atomic E-state index is 14.0. The van der Waals surface area contributed by atoms with Crippen LogP contribution in [0.2, 0.25) is 0 Å². The van der Waals surface area contributed by atoms with Gasteiger partial charge in [0.05, 0.1) is 19.3 Å². The molecule has 1 fully saturated rings. The Hall–Kier alpha value is -3.27. The lowest BCUT2D eigenvalue weighted by atomic mass is 10.1. The molecule has 1 atom stereocenters. The first-order chi connectivity index (χ1) is 14.3. The molecule has 2 aromatic rings. The van der Waals surface area contributed by atoms with Gasteiger partial charge in [0.1, 0.15) is 17.2 Å². The highest BCUT2D eigenvalue weighted by Gasteiger charge is 2.36. The van der Waals surface area contributed by atoms with E-state index in [2.05, 4.69) is 5.32 Å². The first-order valence-electron chi connectivity index (χ1n) is 9.35. The molecule has 3 heterocycles. The normalized spacial score (nSPS) is 18.0. The second-order valence-electron chi connectivity index (χ2n) is 7.35. The molecule has 0 aliphatic carbocycles. The number of benzene rings is 1. The topological polar surface area (TPSA) is 101 Å². The number of hydrogen-bond donors (Lipinski definition) is 2. The minimum Gasteiger partial charge on any atom is -0.503 e. The van der Waals surface area contributed by atoms with Crippen molar-refractivity contribution in [1.82, 2.24) is 14.8 Å². The van der Waals surface area contributed by atoms with E-state index in [9.17, 15) is 28.3 Å². The van der Waals surface area contributed by atoms with Gasteiger partial charge >= 0.3 is 0 Å². The van der Waals surface area contributed by atoms with Crippen LogP contribution >= 0.6 is 0 Å². The molecule has 4 rings (SSSR count). The molecule has 8 nitrogen and oxygen atoms in total. The SMILES string of the molecule is Cc1cc(F)c(CNC(=O)c2cn3c(c(O)c2=O)C(=O)N2CCOCC3C2)c(F)c1. The highest BCUT2D eigenvalue weighted by Crippen LogP contribution is 2.28. The summed E-state index contributed by atoms with van der Waals surface area (Å²) in [7, 11) is 0. The summed E-state index contributed by atoms with van der Waals surface area (Å²) >= 11 is 0. The van der Waals surface area contributed by atoms with Gasteiger partial charge in [-0.1, -0.05) is 0 Å². The van der Waals surface area contributed by atoms with E-state index in [1.54, 1.807) is 0 Å². The lowest BCUT2D eigenvalue weighted by Crippen LogP contribution is -2.45. The Kier molecular flexibility index (Phi) is 5.02. The van der Waals surface area contributed by atoms with Crippen LogP contribution in [0.4, 0.5) is 8.78 Å². The molecule has 1 aromatic heterocycles. The number of aromatic hydroxyl groups is 1. The molecule has 10 heteroatoms. The van der Waals surface area contributed by atoms with Gasteiger partial charge in [-0.05, 0) is 24.6 Å². The van der Waals surface area contributed by atoms with Crippen LogP contribution in [0.25, 0.3) is 0 Å². The van der Waals surface area contributed by atoms with Gasteiger partial charge in [0.15, 0.2) is 11.4 Å². The summed E-state index contributed by atoms with van der Waals surface area (Å²) in [5.41, 5.74) is -1.62. The third-order valence-electron chi connectivity index (χ3n) is 5.30. The van der Waals surface area contributed by atoms with Crippen LogP contribution in [0.5, 0.6) is 5.75 Å². The Morgan fingerprint density at radius 2 is 2.00 bits per heavy atom. The largest absolute Gasteiger partial charge is 0.503 e.